The molecule has 6 heteroatoms. The Balaban J connectivity index is 1.63. The molecular formula is C30H32N4O2. The highest BCUT2D eigenvalue weighted by Gasteiger charge is 2.32. The minimum atomic E-state index is 0.0903. The van der Waals surface area contributed by atoms with E-state index in [1.54, 1.807) is 7.11 Å². The fraction of sp³-hybridized carbons (Fsp3) is 0.333. The van der Waals surface area contributed by atoms with E-state index >= 15 is 0 Å². The molecule has 1 aliphatic heterocycles. The number of hydrogen-bond donors (Lipinski definition) is 0. The molecule has 0 spiro atoms. The average molecular weight is 481 g/mol. The van der Waals surface area contributed by atoms with Gasteiger partial charge in [-0.3, -0.25) is 4.90 Å². The van der Waals surface area contributed by atoms with Gasteiger partial charge in [-0.05, 0) is 55.3 Å². The van der Waals surface area contributed by atoms with Crippen molar-refractivity contribution in [1.82, 2.24) is 4.90 Å². The van der Waals surface area contributed by atoms with E-state index in [9.17, 15) is 5.26 Å². The van der Waals surface area contributed by atoms with E-state index < -0.39 is 0 Å². The van der Waals surface area contributed by atoms with Crippen molar-refractivity contribution in [3.8, 4) is 17.9 Å². The fourth-order valence-electron chi connectivity index (χ4n) is 4.75. The fourth-order valence-corrected chi connectivity index (χ4v) is 4.75. The van der Waals surface area contributed by atoms with Crippen molar-refractivity contribution in [2.24, 2.45) is 0 Å². The van der Waals surface area contributed by atoms with Crippen LogP contribution < -0.4 is 9.64 Å². The average Bonchev–Trinajstić information content (AvgIpc) is 2.93. The molecule has 0 unspecified atom stereocenters. The largest absolute Gasteiger partial charge is 0.491 e. The second kappa shape index (κ2) is 11.7. The highest BCUT2D eigenvalue weighted by atomic mass is 16.5. The summed E-state index contributed by atoms with van der Waals surface area (Å²) in [5, 5.41) is 19.1. The van der Waals surface area contributed by atoms with Gasteiger partial charge in [-0.2, -0.15) is 10.5 Å². The second-order valence-electron chi connectivity index (χ2n) is 9.16. The molecule has 3 aromatic carbocycles. The zero-order chi connectivity index (χ0) is 25.5. The van der Waals surface area contributed by atoms with Crippen LogP contribution in [0.25, 0.3) is 0 Å². The maximum Gasteiger partial charge on any atom is 0.120 e. The standard InChI is InChI=1S/C30H32N4O2/c1-22-4-8-26(9-5-22)30-21-33(23(2)25-10-6-24(19-31)7-11-25)14-15-34(30)29-13-12-28(18-27(29)20-32)36-17-16-35-3/h4-13,18,23,30H,14-17,21H2,1-3H3/t23-,30+/m1/s1. The monoisotopic (exact) mass is 480 g/mol. The summed E-state index contributed by atoms with van der Waals surface area (Å²) in [7, 11) is 1.64. The van der Waals surface area contributed by atoms with Crippen LogP contribution in [0.15, 0.2) is 66.7 Å². The van der Waals surface area contributed by atoms with Crippen LogP contribution in [-0.2, 0) is 4.74 Å². The topological polar surface area (TPSA) is 72.5 Å². The third kappa shape index (κ3) is 5.69. The lowest BCUT2D eigenvalue weighted by molar-refractivity contribution is 0.146. The molecule has 184 valence electrons. The zero-order valence-electron chi connectivity index (χ0n) is 21.1. The van der Waals surface area contributed by atoms with Gasteiger partial charge < -0.3 is 14.4 Å². The van der Waals surface area contributed by atoms with Gasteiger partial charge in [0.05, 0.1) is 35.5 Å². The van der Waals surface area contributed by atoms with Crippen molar-refractivity contribution >= 4 is 5.69 Å². The number of rotatable bonds is 8. The van der Waals surface area contributed by atoms with Gasteiger partial charge in [0.15, 0.2) is 0 Å². The Labute approximate surface area is 213 Å². The molecule has 1 heterocycles. The molecule has 0 bridgehead atoms. The summed E-state index contributed by atoms with van der Waals surface area (Å²) in [5.74, 6) is 0.673. The predicted molar refractivity (Wildman–Crippen MR) is 141 cm³/mol. The number of methoxy groups -OCH3 is 1. The van der Waals surface area contributed by atoms with Gasteiger partial charge in [0, 0.05) is 32.8 Å². The van der Waals surface area contributed by atoms with E-state index in [2.05, 4.69) is 60.1 Å². The van der Waals surface area contributed by atoms with Gasteiger partial charge in [0.2, 0.25) is 0 Å². The van der Waals surface area contributed by atoms with Crippen molar-refractivity contribution in [2.75, 3.05) is 44.9 Å². The molecule has 3 aromatic rings. The number of ether oxygens (including phenoxy) is 2. The lowest BCUT2D eigenvalue weighted by atomic mass is 9.96. The van der Waals surface area contributed by atoms with Gasteiger partial charge in [-0.25, -0.2) is 0 Å². The van der Waals surface area contributed by atoms with Crippen molar-refractivity contribution in [3.63, 3.8) is 0 Å². The molecular weight excluding hydrogens is 448 g/mol. The van der Waals surface area contributed by atoms with E-state index in [1.165, 1.54) is 16.7 Å². The van der Waals surface area contributed by atoms with Crippen molar-refractivity contribution in [3.05, 3.63) is 94.5 Å². The van der Waals surface area contributed by atoms with Crippen LogP contribution in [-0.4, -0.2) is 44.9 Å². The third-order valence-corrected chi connectivity index (χ3v) is 6.90. The summed E-state index contributed by atoms with van der Waals surface area (Å²) in [6, 6.07) is 27.2. The van der Waals surface area contributed by atoms with Gasteiger partial charge in [0.25, 0.3) is 0 Å². The number of nitrogens with zero attached hydrogens (tertiary/aromatic N) is 4. The maximum absolute atomic E-state index is 9.98. The molecule has 6 nitrogen and oxygen atoms in total. The molecule has 0 amide bonds. The second-order valence-corrected chi connectivity index (χ2v) is 9.16. The van der Waals surface area contributed by atoms with Crippen LogP contribution in [0.3, 0.4) is 0 Å². The van der Waals surface area contributed by atoms with Crippen LogP contribution in [0.1, 0.15) is 46.8 Å². The lowest BCUT2D eigenvalue weighted by Crippen LogP contribution is -2.49. The summed E-state index contributed by atoms with van der Waals surface area (Å²) in [6.07, 6.45) is 0. The minimum absolute atomic E-state index is 0.0903. The quantitative estimate of drug-likeness (QED) is 0.403. The molecule has 0 aromatic heterocycles. The summed E-state index contributed by atoms with van der Waals surface area (Å²) in [4.78, 5) is 4.83. The molecule has 0 radical (unpaired) electrons. The van der Waals surface area contributed by atoms with Gasteiger partial charge in [-0.15, -0.1) is 0 Å². The first-order valence-corrected chi connectivity index (χ1v) is 12.3. The van der Waals surface area contributed by atoms with Crippen LogP contribution in [0.2, 0.25) is 0 Å². The Morgan fingerprint density at radius 2 is 1.69 bits per heavy atom. The SMILES string of the molecule is COCCOc1ccc(N2CCN([C@H](C)c3ccc(C#N)cc3)C[C@H]2c2ccc(C)cc2)c(C#N)c1. The van der Waals surface area contributed by atoms with Crippen LogP contribution in [0.5, 0.6) is 5.75 Å². The Morgan fingerprint density at radius 3 is 2.36 bits per heavy atom. The number of hydrogen-bond acceptors (Lipinski definition) is 6. The van der Waals surface area contributed by atoms with Gasteiger partial charge in [0.1, 0.15) is 18.4 Å². The molecule has 1 fully saturated rings. The molecule has 1 saturated heterocycles. The van der Waals surface area contributed by atoms with Crippen LogP contribution in [0.4, 0.5) is 5.69 Å². The molecule has 0 saturated carbocycles. The molecule has 0 N–H and O–H groups in total. The normalized spacial score (nSPS) is 16.7. The number of piperazine rings is 1. The van der Waals surface area contributed by atoms with Gasteiger partial charge >= 0.3 is 0 Å². The Kier molecular flexibility index (Phi) is 8.23. The van der Waals surface area contributed by atoms with Crippen LogP contribution in [0, 0.1) is 29.6 Å². The molecule has 2 atom stereocenters. The minimum Gasteiger partial charge on any atom is -0.491 e. The molecule has 1 aliphatic rings. The van der Waals surface area contributed by atoms with Gasteiger partial charge in [-0.1, -0.05) is 42.0 Å². The summed E-state index contributed by atoms with van der Waals surface area (Å²) < 4.78 is 10.8. The lowest BCUT2D eigenvalue weighted by Gasteiger charge is -2.45. The Bertz CT molecular complexity index is 1240. The summed E-state index contributed by atoms with van der Waals surface area (Å²) in [6.45, 7) is 7.73. The number of benzene rings is 3. The molecule has 4 rings (SSSR count). The number of nitriles is 2. The first-order chi connectivity index (χ1) is 17.5. The zero-order valence-corrected chi connectivity index (χ0v) is 21.1. The van der Waals surface area contributed by atoms with E-state index in [0.717, 1.165) is 25.3 Å². The maximum atomic E-state index is 9.98. The highest BCUT2D eigenvalue weighted by molar-refractivity contribution is 5.63. The van der Waals surface area contributed by atoms with Crippen molar-refractivity contribution < 1.29 is 9.47 Å². The number of aryl methyl sites for hydroxylation is 1. The van der Waals surface area contributed by atoms with E-state index in [1.807, 2.05) is 42.5 Å². The summed E-state index contributed by atoms with van der Waals surface area (Å²) in [5.41, 5.74) is 5.84. The van der Waals surface area contributed by atoms with Crippen molar-refractivity contribution in [1.29, 1.82) is 10.5 Å². The predicted octanol–water partition coefficient (Wildman–Crippen LogP) is 5.39. The third-order valence-electron chi connectivity index (χ3n) is 6.90. The Hall–Kier alpha value is -3.84. The number of anilines is 1. The Morgan fingerprint density at radius 1 is 0.944 bits per heavy atom. The summed E-state index contributed by atoms with van der Waals surface area (Å²) >= 11 is 0. The van der Waals surface area contributed by atoms with E-state index in [-0.39, 0.29) is 12.1 Å². The van der Waals surface area contributed by atoms with E-state index in [4.69, 9.17) is 14.7 Å². The molecule has 0 aliphatic carbocycles. The smallest absolute Gasteiger partial charge is 0.120 e. The first-order valence-electron chi connectivity index (χ1n) is 12.3. The van der Waals surface area contributed by atoms with E-state index in [0.29, 0.717) is 30.1 Å². The highest BCUT2D eigenvalue weighted by Crippen LogP contribution is 2.37. The van der Waals surface area contributed by atoms with Crippen LogP contribution >= 0.6 is 0 Å². The van der Waals surface area contributed by atoms with Crippen molar-refractivity contribution in [2.45, 2.75) is 25.9 Å². The molecule has 36 heavy (non-hydrogen) atoms. The first kappa shape index (κ1) is 25.3.